The van der Waals surface area contributed by atoms with Gasteiger partial charge in [0.1, 0.15) is 11.5 Å². The van der Waals surface area contributed by atoms with Crippen LogP contribution in [-0.4, -0.2) is 25.5 Å². The number of benzene rings is 1. The van der Waals surface area contributed by atoms with Crippen LogP contribution in [0.3, 0.4) is 0 Å². The van der Waals surface area contributed by atoms with Crippen molar-refractivity contribution >= 4 is 5.78 Å². The van der Waals surface area contributed by atoms with Gasteiger partial charge in [0.2, 0.25) is 0 Å². The number of rotatable bonds is 4. The molecule has 18 heavy (non-hydrogen) atoms. The molecule has 0 radical (unpaired) electrons. The summed E-state index contributed by atoms with van der Waals surface area (Å²) >= 11 is 0. The Morgan fingerprint density at radius 1 is 1.44 bits per heavy atom. The van der Waals surface area contributed by atoms with Crippen LogP contribution in [-0.2, 0) is 17.6 Å². The summed E-state index contributed by atoms with van der Waals surface area (Å²) in [5.74, 6) is 1.68. The molecule has 1 aromatic rings. The standard InChI is InChI=1S/C15H19NO2/c17-14(13-5-7-16-10-13)3-1-11-2-4-15-12(9-11)6-8-18-15/h2,4,9,13,16H,1,3,5-8,10H2. The largest absolute Gasteiger partial charge is 0.493 e. The average Bonchev–Trinajstić information content (AvgIpc) is 3.05. The first-order chi connectivity index (χ1) is 8.83. The number of ether oxygens (including phenoxy) is 1. The number of hydrogen-bond acceptors (Lipinski definition) is 3. The van der Waals surface area contributed by atoms with Gasteiger partial charge in [0.05, 0.1) is 6.61 Å². The van der Waals surface area contributed by atoms with E-state index in [1.165, 1.54) is 11.1 Å². The van der Waals surface area contributed by atoms with Gasteiger partial charge in [-0.3, -0.25) is 4.79 Å². The van der Waals surface area contributed by atoms with Crippen molar-refractivity contribution in [1.29, 1.82) is 0 Å². The Bertz CT molecular complexity index is 450. The quantitative estimate of drug-likeness (QED) is 0.878. The minimum atomic E-state index is 0.253. The summed E-state index contributed by atoms with van der Waals surface area (Å²) in [6.07, 6.45) is 3.55. The van der Waals surface area contributed by atoms with Crippen LogP contribution < -0.4 is 10.1 Å². The molecule has 0 aliphatic carbocycles. The fourth-order valence-electron chi connectivity index (χ4n) is 2.80. The molecule has 1 unspecified atom stereocenters. The molecule has 2 aliphatic heterocycles. The zero-order valence-corrected chi connectivity index (χ0v) is 10.6. The second-order valence-corrected chi connectivity index (χ2v) is 5.20. The Balaban J connectivity index is 1.58. The van der Waals surface area contributed by atoms with Crippen molar-refractivity contribution in [3.05, 3.63) is 29.3 Å². The van der Waals surface area contributed by atoms with E-state index in [4.69, 9.17) is 4.74 Å². The van der Waals surface area contributed by atoms with Crippen LogP contribution in [0.15, 0.2) is 18.2 Å². The maximum atomic E-state index is 12.0. The SMILES string of the molecule is O=C(CCc1ccc2c(c1)CCO2)C1CCNC1. The van der Waals surface area contributed by atoms with E-state index in [0.717, 1.165) is 44.7 Å². The van der Waals surface area contributed by atoms with Gasteiger partial charge in [-0.2, -0.15) is 0 Å². The monoisotopic (exact) mass is 245 g/mol. The van der Waals surface area contributed by atoms with Crippen LogP contribution in [0.1, 0.15) is 24.0 Å². The molecule has 0 aromatic heterocycles. The third-order valence-corrected chi connectivity index (χ3v) is 3.93. The molecular formula is C15H19NO2. The lowest BCUT2D eigenvalue weighted by Crippen LogP contribution is -2.18. The third-order valence-electron chi connectivity index (χ3n) is 3.93. The highest BCUT2D eigenvalue weighted by molar-refractivity contribution is 5.81. The van der Waals surface area contributed by atoms with E-state index in [-0.39, 0.29) is 5.92 Å². The highest BCUT2D eigenvalue weighted by atomic mass is 16.5. The third kappa shape index (κ3) is 2.41. The van der Waals surface area contributed by atoms with E-state index in [2.05, 4.69) is 17.4 Å². The lowest BCUT2D eigenvalue weighted by molar-refractivity contribution is -0.122. The number of ketones is 1. The molecule has 0 bridgehead atoms. The van der Waals surface area contributed by atoms with Crippen LogP contribution in [0.4, 0.5) is 0 Å². The van der Waals surface area contributed by atoms with E-state index < -0.39 is 0 Å². The average molecular weight is 245 g/mol. The first kappa shape index (κ1) is 11.7. The first-order valence-electron chi connectivity index (χ1n) is 6.81. The Morgan fingerprint density at radius 2 is 2.39 bits per heavy atom. The molecule has 1 atom stereocenters. The van der Waals surface area contributed by atoms with Gasteiger partial charge < -0.3 is 10.1 Å². The molecule has 0 amide bonds. The summed E-state index contributed by atoms with van der Waals surface area (Å²) < 4.78 is 5.49. The fourth-order valence-corrected chi connectivity index (χ4v) is 2.80. The molecule has 1 saturated heterocycles. The van der Waals surface area contributed by atoms with Crippen molar-refractivity contribution in [3.63, 3.8) is 0 Å². The smallest absolute Gasteiger partial charge is 0.137 e. The molecule has 2 aliphatic rings. The second kappa shape index (κ2) is 5.11. The highest BCUT2D eigenvalue weighted by Crippen LogP contribution is 2.26. The van der Waals surface area contributed by atoms with E-state index in [1.807, 2.05) is 6.07 Å². The number of carbonyl (C=O) groups excluding carboxylic acids is 1. The molecule has 3 rings (SSSR count). The summed E-state index contributed by atoms with van der Waals surface area (Å²) in [4.78, 5) is 12.0. The van der Waals surface area contributed by atoms with Gasteiger partial charge in [-0.05, 0) is 36.6 Å². The predicted octanol–water partition coefficient (Wildman–Crippen LogP) is 1.73. The Hall–Kier alpha value is -1.35. The van der Waals surface area contributed by atoms with Crippen molar-refractivity contribution < 1.29 is 9.53 Å². The zero-order chi connectivity index (χ0) is 12.4. The minimum Gasteiger partial charge on any atom is -0.493 e. The summed E-state index contributed by atoms with van der Waals surface area (Å²) in [5.41, 5.74) is 2.56. The molecule has 2 heterocycles. The Labute approximate surface area is 108 Å². The van der Waals surface area contributed by atoms with Crippen molar-refractivity contribution in [1.82, 2.24) is 5.32 Å². The van der Waals surface area contributed by atoms with E-state index in [0.29, 0.717) is 12.2 Å². The highest BCUT2D eigenvalue weighted by Gasteiger charge is 2.21. The molecule has 1 aromatic carbocycles. The van der Waals surface area contributed by atoms with Gasteiger partial charge in [0, 0.05) is 25.3 Å². The fraction of sp³-hybridized carbons (Fsp3) is 0.533. The molecular weight excluding hydrogens is 226 g/mol. The minimum absolute atomic E-state index is 0.253. The summed E-state index contributed by atoms with van der Waals surface area (Å²) in [5, 5.41) is 3.25. The van der Waals surface area contributed by atoms with Crippen LogP contribution in [0.25, 0.3) is 0 Å². The van der Waals surface area contributed by atoms with Crippen molar-refractivity contribution in [2.75, 3.05) is 19.7 Å². The van der Waals surface area contributed by atoms with Crippen molar-refractivity contribution in [2.45, 2.75) is 25.7 Å². The van der Waals surface area contributed by atoms with Gasteiger partial charge in [-0.15, -0.1) is 0 Å². The second-order valence-electron chi connectivity index (χ2n) is 5.20. The van der Waals surface area contributed by atoms with Gasteiger partial charge >= 0.3 is 0 Å². The summed E-state index contributed by atoms with van der Waals surface area (Å²) in [7, 11) is 0. The maximum absolute atomic E-state index is 12.0. The molecule has 96 valence electrons. The van der Waals surface area contributed by atoms with Crippen molar-refractivity contribution in [3.8, 4) is 5.75 Å². The Kier molecular flexibility index (Phi) is 3.33. The number of hydrogen-bond donors (Lipinski definition) is 1. The van der Waals surface area contributed by atoms with Crippen LogP contribution in [0.2, 0.25) is 0 Å². The van der Waals surface area contributed by atoms with Crippen LogP contribution in [0, 0.1) is 5.92 Å². The predicted molar refractivity (Wildman–Crippen MR) is 69.9 cm³/mol. The number of Topliss-reactive ketones (excluding diaryl/α,β-unsaturated/α-hetero) is 1. The van der Waals surface area contributed by atoms with Gasteiger partial charge in [-0.1, -0.05) is 12.1 Å². The number of nitrogens with one attached hydrogen (secondary N) is 1. The lowest BCUT2D eigenvalue weighted by atomic mass is 9.96. The molecule has 1 fully saturated rings. The molecule has 0 spiro atoms. The molecule has 0 saturated carbocycles. The summed E-state index contributed by atoms with van der Waals surface area (Å²) in [6.45, 7) is 2.66. The zero-order valence-electron chi connectivity index (χ0n) is 10.6. The normalized spacial score (nSPS) is 21.7. The van der Waals surface area contributed by atoms with Crippen LogP contribution >= 0.6 is 0 Å². The maximum Gasteiger partial charge on any atom is 0.137 e. The lowest BCUT2D eigenvalue weighted by Gasteiger charge is -2.08. The molecule has 3 nitrogen and oxygen atoms in total. The van der Waals surface area contributed by atoms with Crippen molar-refractivity contribution in [2.24, 2.45) is 5.92 Å². The van der Waals surface area contributed by atoms with Crippen LogP contribution in [0.5, 0.6) is 5.75 Å². The number of carbonyl (C=O) groups is 1. The van der Waals surface area contributed by atoms with E-state index in [1.54, 1.807) is 0 Å². The topological polar surface area (TPSA) is 38.3 Å². The van der Waals surface area contributed by atoms with Gasteiger partial charge in [-0.25, -0.2) is 0 Å². The van der Waals surface area contributed by atoms with Gasteiger partial charge in [0.25, 0.3) is 0 Å². The first-order valence-corrected chi connectivity index (χ1v) is 6.81. The molecule has 1 N–H and O–H groups in total. The number of fused-ring (bicyclic) bond motifs is 1. The Morgan fingerprint density at radius 3 is 3.22 bits per heavy atom. The van der Waals surface area contributed by atoms with E-state index >= 15 is 0 Å². The summed E-state index contributed by atoms with van der Waals surface area (Å²) in [6, 6.07) is 6.33. The van der Waals surface area contributed by atoms with E-state index in [9.17, 15) is 4.79 Å². The number of aryl methyl sites for hydroxylation is 1. The van der Waals surface area contributed by atoms with Gasteiger partial charge in [0.15, 0.2) is 0 Å². The molecule has 3 heteroatoms.